The average molecular weight is 262 g/mol. The van der Waals surface area contributed by atoms with Crippen molar-refractivity contribution in [1.82, 2.24) is 15.1 Å². The van der Waals surface area contributed by atoms with Crippen LogP contribution >= 0.6 is 0 Å². The van der Waals surface area contributed by atoms with Gasteiger partial charge in [0, 0.05) is 17.9 Å². The second-order valence-corrected chi connectivity index (χ2v) is 6.62. The van der Waals surface area contributed by atoms with Gasteiger partial charge in [-0.25, -0.2) is 0 Å². The standard InChI is InChI=1S/C8H14N2.C7H12N2/c1-8(2,3)10-7-5-4-6-9-7;1-7(2,3)9-6-4-5-8-9/h4-5H,6H2,1-3H3,(H,9,10);4-6H,1-3H3. The lowest BCUT2D eigenvalue weighted by atomic mass is 10.1. The lowest BCUT2D eigenvalue weighted by Gasteiger charge is -2.20. The highest BCUT2D eigenvalue weighted by atomic mass is 15.3. The number of amidine groups is 1. The monoisotopic (exact) mass is 262 g/mol. The van der Waals surface area contributed by atoms with E-state index in [2.05, 4.69) is 57.0 Å². The molecule has 1 aliphatic heterocycles. The molecule has 0 radical (unpaired) electrons. The van der Waals surface area contributed by atoms with Crippen LogP contribution in [0.5, 0.6) is 0 Å². The molecule has 0 amide bonds. The smallest absolute Gasteiger partial charge is 0.121 e. The van der Waals surface area contributed by atoms with E-state index in [1.165, 1.54) is 0 Å². The van der Waals surface area contributed by atoms with Gasteiger partial charge in [-0.15, -0.1) is 0 Å². The third-order valence-corrected chi connectivity index (χ3v) is 2.34. The van der Waals surface area contributed by atoms with Gasteiger partial charge in [-0.2, -0.15) is 5.10 Å². The lowest BCUT2D eigenvalue weighted by molar-refractivity contribution is 0.355. The Hall–Kier alpha value is -1.58. The highest BCUT2D eigenvalue weighted by molar-refractivity contribution is 5.94. The molecule has 0 unspecified atom stereocenters. The van der Waals surface area contributed by atoms with Crippen molar-refractivity contribution in [3.8, 4) is 0 Å². The molecule has 1 aliphatic rings. The van der Waals surface area contributed by atoms with E-state index >= 15 is 0 Å². The van der Waals surface area contributed by atoms with Gasteiger partial charge >= 0.3 is 0 Å². The normalized spacial score (nSPS) is 14.7. The molecule has 0 aromatic carbocycles. The summed E-state index contributed by atoms with van der Waals surface area (Å²) in [4.78, 5) is 4.22. The summed E-state index contributed by atoms with van der Waals surface area (Å²) in [6.45, 7) is 13.6. The number of hydrogen-bond acceptors (Lipinski definition) is 3. The minimum Gasteiger partial charge on any atom is -0.366 e. The Labute approximate surface area is 116 Å². The number of aliphatic imine (C=N–C) groups is 1. The fourth-order valence-corrected chi connectivity index (χ4v) is 1.50. The molecule has 4 heteroatoms. The maximum atomic E-state index is 4.22. The Kier molecular flexibility index (Phi) is 4.92. The molecule has 0 fully saturated rings. The molecule has 1 aromatic heterocycles. The van der Waals surface area contributed by atoms with Crippen LogP contribution in [0.4, 0.5) is 0 Å². The molecule has 19 heavy (non-hydrogen) atoms. The van der Waals surface area contributed by atoms with Crippen molar-refractivity contribution in [2.75, 3.05) is 6.54 Å². The van der Waals surface area contributed by atoms with Crippen molar-refractivity contribution in [2.45, 2.75) is 52.6 Å². The molecule has 106 valence electrons. The van der Waals surface area contributed by atoms with Gasteiger partial charge in [-0.3, -0.25) is 9.67 Å². The van der Waals surface area contributed by atoms with Crippen LogP contribution in [-0.2, 0) is 5.54 Å². The topological polar surface area (TPSA) is 42.2 Å². The molecule has 1 aromatic rings. The van der Waals surface area contributed by atoms with Gasteiger partial charge < -0.3 is 5.32 Å². The van der Waals surface area contributed by atoms with E-state index < -0.39 is 0 Å². The predicted octanol–water partition coefficient (Wildman–Crippen LogP) is 2.98. The first kappa shape index (κ1) is 15.5. The summed E-state index contributed by atoms with van der Waals surface area (Å²) in [7, 11) is 0. The summed E-state index contributed by atoms with van der Waals surface area (Å²) in [5, 5.41) is 7.39. The zero-order valence-corrected chi connectivity index (χ0v) is 12.9. The van der Waals surface area contributed by atoms with Crippen molar-refractivity contribution in [3.05, 3.63) is 30.6 Å². The molecule has 0 aliphatic carbocycles. The summed E-state index contributed by atoms with van der Waals surface area (Å²) in [5.74, 6) is 1.01. The minimum atomic E-state index is 0.128. The van der Waals surface area contributed by atoms with E-state index in [1.807, 2.05) is 29.1 Å². The Morgan fingerprint density at radius 1 is 1.16 bits per heavy atom. The van der Waals surface area contributed by atoms with Crippen LogP contribution in [0.15, 0.2) is 35.6 Å². The number of nitrogens with zero attached hydrogens (tertiary/aromatic N) is 3. The highest BCUT2D eigenvalue weighted by Crippen LogP contribution is 2.09. The van der Waals surface area contributed by atoms with Gasteiger partial charge in [0.25, 0.3) is 0 Å². The van der Waals surface area contributed by atoms with Gasteiger partial charge in [0.2, 0.25) is 0 Å². The molecule has 0 spiro atoms. The first-order valence-electron chi connectivity index (χ1n) is 6.68. The first-order valence-corrected chi connectivity index (χ1v) is 6.68. The SMILES string of the molecule is CC(C)(C)NC1=NCC=C1.CC(C)(C)n1cccn1. The van der Waals surface area contributed by atoms with Crippen molar-refractivity contribution in [2.24, 2.45) is 4.99 Å². The summed E-state index contributed by atoms with van der Waals surface area (Å²) < 4.78 is 1.94. The fourth-order valence-electron chi connectivity index (χ4n) is 1.50. The van der Waals surface area contributed by atoms with Crippen LogP contribution in [0.2, 0.25) is 0 Å². The van der Waals surface area contributed by atoms with Crippen LogP contribution in [0.3, 0.4) is 0 Å². The van der Waals surface area contributed by atoms with Crippen molar-refractivity contribution < 1.29 is 0 Å². The van der Waals surface area contributed by atoms with Crippen LogP contribution in [0, 0.1) is 0 Å². The van der Waals surface area contributed by atoms with Crippen LogP contribution in [0.1, 0.15) is 41.5 Å². The molecular weight excluding hydrogens is 236 g/mol. The van der Waals surface area contributed by atoms with Crippen LogP contribution in [-0.4, -0.2) is 27.7 Å². The number of hydrogen-bond donors (Lipinski definition) is 1. The van der Waals surface area contributed by atoms with Crippen molar-refractivity contribution in [1.29, 1.82) is 0 Å². The zero-order chi connectivity index (χ0) is 14.5. The van der Waals surface area contributed by atoms with E-state index in [0.717, 1.165) is 12.4 Å². The molecule has 0 saturated carbocycles. The van der Waals surface area contributed by atoms with Crippen LogP contribution < -0.4 is 5.32 Å². The van der Waals surface area contributed by atoms with Crippen LogP contribution in [0.25, 0.3) is 0 Å². The Balaban J connectivity index is 0.000000191. The zero-order valence-electron chi connectivity index (χ0n) is 12.9. The van der Waals surface area contributed by atoms with E-state index in [1.54, 1.807) is 6.20 Å². The Morgan fingerprint density at radius 2 is 1.84 bits per heavy atom. The second kappa shape index (κ2) is 6.04. The number of aromatic nitrogens is 2. The molecule has 1 N–H and O–H groups in total. The van der Waals surface area contributed by atoms with Gasteiger partial charge in [-0.1, -0.05) is 6.08 Å². The number of nitrogens with one attached hydrogen (secondary N) is 1. The molecule has 2 rings (SSSR count). The maximum absolute atomic E-state index is 4.22. The van der Waals surface area contributed by atoms with Crippen molar-refractivity contribution >= 4 is 5.84 Å². The van der Waals surface area contributed by atoms with Gasteiger partial charge in [0.05, 0.1) is 12.1 Å². The summed E-state index contributed by atoms with van der Waals surface area (Å²) in [6.07, 6.45) is 7.84. The average Bonchev–Trinajstić information content (AvgIpc) is 2.83. The Bertz CT molecular complexity index is 428. The summed E-state index contributed by atoms with van der Waals surface area (Å²) in [5.41, 5.74) is 0.261. The lowest BCUT2D eigenvalue weighted by Crippen LogP contribution is -2.39. The molecular formula is C15H26N4. The predicted molar refractivity (Wildman–Crippen MR) is 81.6 cm³/mol. The van der Waals surface area contributed by atoms with Gasteiger partial charge in [0.15, 0.2) is 0 Å². The summed E-state index contributed by atoms with van der Waals surface area (Å²) in [6, 6.07) is 1.94. The second-order valence-electron chi connectivity index (χ2n) is 6.62. The molecule has 2 heterocycles. The quantitative estimate of drug-likeness (QED) is 0.781. The van der Waals surface area contributed by atoms with E-state index in [9.17, 15) is 0 Å². The Morgan fingerprint density at radius 3 is 2.16 bits per heavy atom. The largest absolute Gasteiger partial charge is 0.366 e. The molecule has 0 bridgehead atoms. The van der Waals surface area contributed by atoms with E-state index in [0.29, 0.717) is 0 Å². The molecule has 4 nitrogen and oxygen atoms in total. The minimum absolute atomic E-state index is 0.128. The third-order valence-electron chi connectivity index (χ3n) is 2.34. The highest BCUT2D eigenvalue weighted by Gasteiger charge is 2.11. The number of rotatable bonds is 0. The van der Waals surface area contributed by atoms with Gasteiger partial charge in [-0.05, 0) is 53.7 Å². The fraction of sp³-hybridized carbons (Fsp3) is 0.600. The van der Waals surface area contributed by atoms with E-state index in [4.69, 9.17) is 0 Å². The molecule has 0 saturated heterocycles. The molecule has 0 atom stereocenters. The van der Waals surface area contributed by atoms with E-state index in [-0.39, 0.29) is 11.1 Å². The third kappa shape index (κ3) is 6.22. The maximum Gasteiger partial charge on any atom is 0.121 e. The van der Waals surface area contributed by atoms with Gasteiger partial charge in [0.1, 0.15) is 5.84 Å². The summed E-state index contributed by atoms with van der Waals surface area (Å²) >= 11 is 0. The first-order chi connectivity index (χ1) is 8.68. The van der Waals surface area contributed by atoms with Crippen molar-refractivity contribution in [3.63, 3.8) is 0 Å².